The molecule has 1 aliphatic carbocycles. The predicted octanol–water partition coefficient (Wildman–Crippen LogP) is 3.88. The maximum atomic E-state index is 12.2. The van der Waals surface area contributed by atoms with E-state index in [-0.39, 0.29) is 24.4 Å². The lowest BCUT2D eigenvalue weighted by Crippen LogP contribution is -2.24. The normalized spacial score (nSPS) is 13.7. The number of halogens is 1. The fourth-order valence-corrected chi connectivity index (χ4v) is 3.19. The van der Waals surface area contributed by atoms with Gasteiger partial charge in [-0.3, -0.25) is 4.79 Å². The van der Waals surface area contributed by atoms with Crippen LogP contribution < -0.4 is 20.5 Å². The van der Waals surface area contributed by atoms with Crippen molar-refractivity contribution in [3.63, 3.8) is 0 Å². The van der Waals surface area contributed by atoms with Crippen LogP contribution in [-0.4, -0.2) is 19.1 Å². The summed E-state index contributed by atoms with van der Waals surface area (Å²) in [4.78, 5) is 12.2. The molecule has 1 fully saturated rings. The van der Waals surface area contributed by atoms with Crippen LogP contribution in [0.25, 0.3) is 0 Å². The first-order chi connectivity index (χ1) is 12.6. The maximum Gasteiger partial charge on any atom is 0.224 e. The summed E-state index contributed by atoms with van der Waals surface area (Å²) in [5.41, 5.74) is 8.29. The number of benzene rings is 2. The van der Waals surface area contributed by atoms with Crippen LogP contribution in [0.2, 0.25) is 0 Å². The van der Waals surface area contributed by atoms with E-state index >= 15 is 0 Å². The van der Waals surface area contributed by atoms with Gasteiger partial charge in [-0.15, -0.1) is 12.4 Å². The number of hydrogen-bond donors (Lipinski definition) is 2. The van der Waals surface area contributed by atoms with Crippen LogP contribution in [-0.2, 0) is 17.8 Å². The lowest BCUT2D eigenvalue weighted by atomic mass is 10.1. The molecule has 0 aliphatic heterocycles. The topological polar surface area (TPSA) is 73.6 Å². The van der Waals surface area contributed by atoms with Crippen molar-refractivity contribution < 1.29 is 14.3 Å². The average molecular weight is 391 g/mol. The number of anilines is 1. The van der Waals surface area contributed by atoms with Gasteiger partial charge >= 0.3 is 0 Å². The highest BCUT2D eigenvalue weighted by Gasteiger charge is 2.18. The highest BCUT2D eigenvalue weighted by atomic mass is 35.5. The predicted molar refractivity (Wildman–Crippen MR) is 110 cm³/mol. The van der Waals surface area contributed by atoms with E-state index in [0.29, 0.717) is 18.7 Å². The smallest absolute Gasteiger partial charge is 0.224 e. The summed E-state index contributed by atoms with van der Waals surface area (Å²) in [5.74, 6) is 1.46. The molecule has 0 aromatic heterocycles. The Morgan fingerprint density at radius 2 is 1.74 bits per heavy atom. The molecule has 2 aromatic rings. The molecule has 1 saturated carbocycles. The van der Waals surface area contributed by atoms with Gasteiger partial charge in [0.25, 0.3) is 0 Å². The summed E-state index contributed by atoms with van der Waals surface area (Å²) in [6, 6.07) is 13.2. The summed E-state index contributed by atoms with van der Waals surface area (Å²) in [5, 5.41) is 2.95. The number of amides is 1. The number of hydrogen-bond acceptors (Lipinski definition) is 4. The number of carbonyl (C=O) groups excluding carboxylic acids is 1. The third-order valence-electron chi connectivity index (χ3n) is 4.66. The molecule has 2 aromatic carbocycles. The molecule has 0 spiro atoms. The van der Waals surface area contributed by atoms with E-state index < -0.39 is 0 Å². The molecular weight excluding hydrogens is 364 g/mol. The Balaban J connectivity index is 0.00000261. The zero-order chi connectivity index (χ0) is 18.4. The molecule has 0 atom stereocenters. The lowest BCUT2D eigenvalue weighted by Gasteiger charge is -2.17. The van der Waals surface area contributed by atoms with Gasteiger partial charge in [-0.1, -0.05) is 18.2 Å². The van der Waals surface area contributed by atoms with Crippen molar-refractivity contribution in [2.45, 2.75) is 44.8 Å². The van der Waals surface area contributed by atoms with Gasteiger partial charge < -0.3 is 20.5 Å². The van der Waals surface area contributed by atoms with Crippen molar-refractivity contribution in [1.82, 2.24) is 5.32 Å². The second kappa shape index (κ2) is 10.1. The van der Waals surface area contributed by atoms with Crippen LogP contribution in [0.15, 0.2) is 42.5 Å². The van der Waals surface area contributed by atoms with Crippen LogP contribution >= 0.6 is 12.4 Å². The Bertz CT molecular complexity index is 744. The quantitative estimate of drug-likeness (QED) is 0.703. The second-order valence-electron chi connectivity index (χ2n) is 6.70. The first kappa shape index (κ1) is 20.9. The largest absolute Gasteiger partial charge is 0.493 e. The highest BCUT2D eigenvalue weighted by molar-refractivity contribution is 5.85. The minimum Gasteiger partial charge on any atom is -0.493 e. The molecule has 0 saturated heterocycles. The van der Waals surface area contributed by atoms with Gasteiger partial charge in [0.05, 0.1) is 19.6 Å². The SMILES string of the molecule is COc1ccc(CNC(=O)Cc2ccc(N)cc2)cc1OC1CCCC1.Cl. The van der Waals surface area contributed by atoms with Gasteiger partial charge in [-0.05, 0) is 61.1 Å². The molecule has 3 rings (SSSR count). The van der Waals surface area contributed by atoms with Gasteiger partial charge in [0.1, 0.15) is 0 Å². The molecule has 0 bridgehead atoms. The molecule has 5 nitrogen and oxygen atoms in total. The van der Waals surface area contributed by atoms with E-state index in [1.54, 1.807) is 19.2 Å². The van der Waals surface area contributed by atoms with Crippen LogP contribution in [0.1, 0.15) is 36.8 Å². The van der Waals surface area contributed by atoms with Crippen molar-refractivity contribution in [2.75, 3.05) is 12.8 Å². The van der Waals surface area contributed by atoms with Gasteiger partial charge in [0, 0.05) is 12.2 Å². The molecular formula is C21H27ClN2O3. The third-order valence-corrected chi connectivity index (χ3v) is 4.66. The Morgan fingerprint density at radius 3 is 2.41 bits per heavy atom. The van der Waals surface area contributed by atoms with E-state index in [1.165, 1.54) is 12.8 Å². The van der Waals surface area contributed by atoms with E-state index in [1.807, 2.05) is 30.3 Å². The maximum absolute atomic E-state index is 12.2. The van der Waals surface area contributed by atoms with E-state index in [9.17, 15) is 4.79 Å². The fraction of sp³-hybridized carbons (Fsp3) is 0.381. The number of ether oxygens (including phenoxy) is 2. The Labute approximate surface area is 166 Å². The summed E-state index contributed by atoms with van der Waals surface area (Å²) < 4.78 is 11.5. The Morgan fingerprint density at radius 1 is 1.07 bits per heavy atom. The summed E-state index contributed by atoms with van der Waals surface area (Å²) in [6.45, 7) is 0.457. The number of nitrogens with one attached hydrogen (secondary N) is 1. The number of nitrogens with two attached hydrogens (primary N) is 1. The number of nitrogen functional groups attached to an aromatic ring is 1. The molecule has 0 heterocycles. The van der Waals surface area contributed by atoms with Crippen LogP contribution in [0, 0.1) is 0 Å². The first-order valence-electron chi connectivity index (χ1n) is 9.09. The van der Waals surface area contributed by atoms with Crippen molar-refractivity contribution in [3.05, 3.63) is 53.6 Å². The summed E-state index contributed by atoms with van der Waals surface area (Å²) >= 11 is 0. The van der Waals surface area contributed by atoms with Crippen molar-refractivity contribution in [3.8, 4) is 11.5 Å². The molecule has 1 aliphatic rings. The second-order valence-corrected chi connectivity index (χ2v) is 6.70. The molecule has 0 radical (unpaired) electrons. The Kier molecular flexibility index (Phi) is 7.80. The van der Waals surface area contributed by atoms with E-state index in [4.69, 9.17) is 15.2 Å². The van der Waals surface area contributed by atoms with E-state index in [2.05, 4.69) is 5.32 Å². The zero-order valence-corrected chi connectivity index (χ0v) is 16.4. The number of methoxy groups -OCH3 is 1. The molecule has 27 heavy (non-hydrogen) atoms. The third kappa shape index (κ3) is 6.07. The van der Waals surface area contributed by atoms with E-state index in [0.717, 1.165) is 35.5 Å². The lowest BCUT2D eigenvalue weighted by molar-refractivity contribution is -0.120. The van der Waals surface area contributed by atoms with Crippen LogP contribution in [0.5, 0.6) is 11.5 Å². The summed E-state index contributed by atoms with van der Waals surface area (Å²) in [7, 11) is 1.64. The first-order valence-corrected chi connectivity index (χ1v) is 9.09. The van der Waals surface area contributed by atoms with Gasteiger partial charge in [0.15, 0.2) is 11.5 Å². The number of carbonyl (C=O) groups is 1. The zero-order valence-electron chi connectivity index (χ0n) is 15.6. The number of rotatable bonds is 7. The van der Waals surface area contributed by atoms with Gasteiger partial charge in [-0.25, -0.2) is 0 Å². The molecule has 6 heteroatoms. The van der Waals surface area contributed by atoms with Crippen LogP contribution in [0.3, 0.4) is 0 Å². The monoisotopic (exact) mass is 390 g/mol. The van der Waals surface area contributed by atoms with Crippen molar-refractivity contribution >= 4 is 24.0 Å². The van der Waals surface area contributed by atoms with Gasteiger partial charge in [0.2, 0.25) is 5.91 Å². The van der Waals surface area contributed by atoms with Crippen molar-refractivity contribution in [1.29, 1.82) is 0 Å². The summed E-state index contributed by atoms with van der Waals surface area (Å²) in [6.07, 6.45) is 5.21. The molecule has 146 valence electrons. The molecule has 0 unspecified atom stereocenters. The molecule has 3 N–H and O–H groups in total. The minimum absolute atomic E-state index is 0. The fourth-order valence-electron chi connectivity index (χ4n) is 3.19. The minimum atomic E-state index is -0.0242. The average Bonchev–Trinajstić information content (AvgIpc) is 3.15. The standard InChI is InChI=1S/C21H26N2O3.ClH/c1-25-19-11-8-16(12-20(19)26-18-4-2-3-5-18)14-23-21(24)13-15-6-9-17(22)10-7-15;/h6-12,18H,2-5,13-14,22H2,1H3,(H,23,24);1H. The van der Waals surface area contributed by atoms with Gasteiger partial charge in [-0.2, -0.15) is 0 Å². The highest BCUT2D eigenvalue weighted by Crippen LogP contribution is 2.32. The molecule has 1 amide bonds. The Hall–Kier alpha value is -2.40. The van der Waals surface area contributed by atoms with Crippen molar-refractivity contribution in [2.24, 2.45) is 0 Å². The van der Waals surface area contributed by atoms with Crippen LogP contribution in [0.4, 0.5) is 5.69 Å².